The van der Waals surface area contributed by atoms with E-state index in [9.17, 15) is 0 Å². The second-order valence-electron chi connectivity index (χ2n) is 6.80. The molecule has 0 amide bonds. The molecule has 0 aromatic heterocycles. The van der Waals surface area contributed by atoms with Gasteiger partial charge in [-0.15, -0.1) is 0 Å². The van der Waals surface area contributed by atoms with Crippen LogP contribution >= 0.6 is 0 Å². The summed E-state index contributed by atoms with van der Waals surface area (Å²) in [6.45, 7) is 3.33. The molecule has 1 aliphatic rings. The topological polar surface area (TPSA) is 30.5 Å². The summed E-state index contributed by atoms with van der Waals surface area (Å²) in [6.07, 6.45) is 7.00. The Kier molecular flexibility index (Phi) is 7.19. The summed E-state index contributed by atoms with van der Waals surface area (Å²) < 4.78 is 11.6. The predicted octanol–water partition coefficient (Wildman–Crippen LogP) is 4.81. The van der Waals surface area contributed by atoms with Crippen LogP contribution in [0.1, 0.15) is 37.7 Å². The summed E-state index contributed by atoms with van der Waals surface area (Å²) in [5, 5.41) is 3.53. The van der Waals surface area contributed by atoms with Gasteiger partial charge in [0.2, 0.25) is 0 Å². The van der Waals surface area contributed by atoms with Crippen LogP contribution in [0.2, 0.25) is 0 Å². The third kappa shape index (κ3) is 6.43. The van der Waals surface area contributed by atoms with Gasteiger partial charge in [0, 0.05) is 6.54 Å². The number of benzene rings is 2. The minimum Gasteiger partial charge on any atom is -0.492 e. The van der Waals surface area contributed by atoms with Crippen molar-refractivity contribution in [1.82, 2.24) is 5.32 Å². The highest BCUT2D eigenvalue weighted by Gasteiger charge is 2.12. The highest BCUT2D eigenvalue weighted by atomic mass is 16.5. The van der Waals surface area contributed by atoms with Gasteiger partial charge in [-0.2, -0.15) is 0 Å². The molecule has 25 heavy (non-hydrogen) atoms. The number of nitrogens with one attached hydrogen (secondary N) is 1. The fourth-order valence-corrected chi connectivity index (χ4v) is 3.31. The highest BCUT2D eigenvalue weighted by Crippen LogP contribution is 2.22. The zero-order valence-electron chi connectivity index (χ0n) is 15.0. The summed E-state index contributed by atoms with van der Waals surface area (Å²) in [5.41, 5.74) is 1.17. The Morgan fingerprint density at radius 1 is 0.800 bits per heavy atom. The van der Waals surface area contributed by atoms with Crippen molar-refractivity contribution in [2.24, 2.45) is 5.92 Å². The second kappa shape index (κ2) is 10.1. The first kappa shape index (κ1) is 17.8. The molecule has 1 saturated carbocycles. The summed E-state index contributed by atoms with van der Waals surface area (Å²) in [7, 11) is 0. The van der Waals surface area contributed by atoms with Crippen molar-refractivity contribution >= 4 is 0 Å². The lowest BCUT2D eigenvalue weighted by molar-refractivity contribution is 0.291. The van der Waals surface area contributed by atoms with Crippen LogP contribution in [0.15, 0.2) is 54.6 Å². The Labute approximate surface area is 151 Å². The molecule has 3 heteroatoms. The van der Waals surface area contributed by atoms with Crippen LogP contribution in [0.5, 0.6) is 11.5 Å². The van der Waals surface area contributed by atoms with Gasteiger partial charge in [-0.1, -0.05) is 49.6 Å². The molecule has 3 rings (SSSR count). The summed E-state index contributed by atoms with van der Waals surface area (Å²) in [6, 6.07) is 18.1. The highest BCUT2D eigenvalue weighted by molar-refractivity contribution is 5.31. The van der Waals surface area contributed by atoms with E-state index in [0.29, 0.717) is 13.2 Å². The fourth-order valence-electron chi connectivity index (χ4n) is 3.31. The maximum Gasteiger partial charge on any atom is 0.120 e. The monoisotopic (exact) mass is 339 g/mol. The third-order valence-corrected chi connectivity index (χ3v) is 4.78. The van der Waals surface area contributed by atoms with E-state index in [0.717, 1.165) is 30.5 Å². The zero-order chi connectivity index (χ0) is 17.2. The lowest BCUT2D eigenvalue weighted by Crippen LogP contribution is -2.28. The molecular weight excluding hydrogens is 310 g/mol. The molecule has 1 aliphatic carbocycles. The molecular formula is C22H29NO2. The van der Waals surface area contributed by atoms with E-state index in [1.165, 1.54) is 37.7 Å². The van der Waals surface area contributed by atoms with E-state index in [1.54, 1.807) is 0 Å². The van der Waals surface area contributed by atoms with Crippen molar-refractivity contribution in [2.75, 3.05) is 19.7 Å². The second-order valence-corrected chi connectivity index (χ2v) is 6.80. The molecule has 0 saturated heterocycles. The van der Waals surface area contributed by atoms with Gasteiger partial charge in [0.05, 0.1) is 0 Å². The Morgan fingerprint density at radius 2 is 1.48 bits per heavy atom. The van der Waals surface area contributed by atoms with E-state index < -0.39 is 0 Å². The smallest absolute Gasteiger partial charge is 0.120 e. The quantitative estimate of drug-likeness (QED) is 0.665. The predicted molar refractivity (Wildman–Crippen MR) is 102 cm³/mol. The van der Waals surface area contributed by atoms with E-state index in [1.807, 2.05) is 42.5 Å². The van der Waals surface area contributed by atoms with Crippen molar-refractivity contribution in [1.29, 1.82) is 0 Å². The Hall–Kier alpha value is -2.00. The van der Waals surface area contributed by atoms with Gasteiger partial charge >= 0.3 is 0 Å². The lowest BCUT2D eigenvalue weighted by atomic mass is 9.89. The molecule has 134 valence electrons. The van der Waals surface area contributed by atoms with E-state index in [2.05, 4.69) is 17.4 Å². The summed E-state index contributed by atoms with van der Waals surface area (Å²) >= 11 is 0. The van der Waals surface area contributed by atoms with Crippen LogP contribution < -0.4 is 14.8 Å². The van der Waals surface area contributed by atoms with E-state index >= 15 is 0 Å². The van der Waals surface area contributed by atoms with Crippen molar-refractivity contribution in [3.63, 3.8) is 0 Å². The zero-order valence-corrected chi connectivity index (χ0v) is 15.0. The van der Waals surface area contributed by atoms with Gasteiger partial charge in [-0.05, 0) is 55.1 Å². The van der Waals surface area contributed by atoms with Crippen molar-refractivity contribution < 1.29 is 9.47 Å². The van der Waals surface area contributed by atoms with E-state index in [4.69, 9.17) is 9.47 Å². The molecule has 0 spiro atoms. The van der Waals surface area contributed by atoms with Crippen molar-refractivity contribution in [3.8, 4) is 11.5 Å². The first-order valence-electron chi connectivity index (χ1n) is 9.50. The number of hydrogen-bond donors (Lipinski definition) is 1. The van der Waals surface area contributed by atoms with Crippen LogP contribution in [-0.2, 0) is 6.61 Å². The molecule has 3 nitrogen and oxygen atoms in total. The molecule has 0 atom stereocenters. The van der Waals surface area contributed by atoms with Gasteiger partial charge in [0.25, 0.3) is 0 Å². The minimum absolute atomic E-state index is 0.589. The van der Waals surface area contributed by atoms with Crippen LogP contribution in [0.25, 0.3) is 0 Å². The largest absolute Gasteiger partial charge is 0.492 e. The Bertz CT molecular complexity index is 591. The van der Waals surface area contributed by atoms with Crippen molar-refractivity contribution in [3.05, 3.63) is 60.2 Å². The molecule has 0 bridgehead atoms. The molecule has 0 unspecified atom stereocenters. The number of ether oxygens (including phenoxy) is 2. The third-order valence-electron chi connectivity index (χ3n) is 4.78. The van der Waals surface area contributed by atoms with E-state index in [-0.39, 0.29) is 0 Å². The molecule has 2 aromatic carbocycles. The molecule has 0 aliphatic heterocycles. The summed E-state index contributed by atoms with van der Waals surface area (Å²) in [4.78, 5) is 0. The fraction of sp³-hybridized carbons (Fsp3) is 0.455. The molecule has 0 radical (unpaired) electrons. The van der Waals surface area contributed by atoms with Crippen LogP contribution in [0.3, 0.4) is 0 Å². The van der Waals surface area contributed by atoms with Crippen LogP contribution in [-0.4, -0.2) is 19.7 Å². The lowest BCUT2D eigenvalue weighted by Gasteiger charge is -2.21. The van der Waals surface area contributed by atoms with Gasteiger partial charge in [0.15, 0.2) is 0 Å². The normalized spacial score (nSPS) is 15.0. The Morgan fingerprint density at radius 3 is 2.20 bits per heavy atom. The number of rotatable bonds is 9. The molecule has 2 aromatic rings. The summed E-state index contributed by atoms with van der Waals surface area (Å²) in [5.74, 6) is 2.63. The maximum atomic E-state index is 5.80. The Balaban J connectivity index is 1.30. The van der Waals surface area contributed by atoms with Gasteiger partial charge in [0.1, 0.15) is 24.7 Å². The standard InChI is InChI=1S/C22H29NO2/c1-3-7-19(8-4-1)17-23-15-16-24-21-11-13-22(14-12-21)25-18-20-9-5-2-6-10-20/h2,5-6,9-14,19,23H,1,3-4,7-8,15-18H2. The van der Waals surface area contributed by atoms with Gasteiger partial charge in [-0.3, -0.25) is 0 Å². The maximum absolute atomic E-state index is 5.80. The van der Waals surface area contributed by atoms with Gasteiger partial charge in [-0.25, -0.2) is 0 Å². The average Bonchev–Trinajstić information content (AvgIpc) is 2.69. The molecule has 1 N–H and O–H groups in total. The molecule has 1 fully saturated rings. The van der Waals surface area contributed by atoms with Crippen LogP contribution in [0.4, 0.5) is 0 Å². The number of hydrogen-bond acceptors (Lipinski definition) is 3. The molecule has 0 heterocycles. The van der Waals surface area contributed by atoms with Crippen molar-refractivity contribution in [2.45, 2.75) is 38.7 Å². The van der Waals surface area contributed by atoms with Crippen LogP contribution in [0, 0.1) is 5.92 Å². The first-order chi connectivity index (χ1) is 12.4. The SMILES string of the molecule is c1ccc(COc2ccc(OCCNCC3CCCCC3)cc2)cc1. The van der Waals surface area contributed by atoms with Gasteiger partial charge < -0.3 is 14.8 Å². The minimum atomic E-state index is 0.589. The first-order valence-corrected chi connectivity index (χ1v) is 9.50. The average molecular weight is 339 g/mol.